The fraction of sp³-hybridized carbons (Fsp3) is 0.220. The highest BCUT2D eigenvalue weighted by atomic mass is 19.1. The van der Waals surface area contributed by atoms with E-state index in [4.69, 9.17) is 14.2 Å². The molecule has 3 aliphatic carbocycles. The van der Waals surface area contributed by atoms with Crippen molar-refractivity contribution in [2.24, 2.45) is 5.41 Å². The van der Waals surface area contributed by atoms with Crippen LogP contribution in [-0.4, -0.2) is 32.6 Å². The third-order valence-corrected chi connectivity index (χ3v) is 9.38. The van der Waals surface area contributed by atoms with Gasteiger partial charge in [-0.1, -0.05) is 48.5 Å². The number of halogens is 3. The second-order valence-electron chi connectivity index (χ2n) is 13.8. The van der Waals surface area contributed by atoms with Gasteiger partial charge in [0, 0.05) is 49.0 Å². The Morgan fingerprint density at radius 3 is 1.88 bits per heavy atom. The summed E-state index contributed by atoms with van der Waals surface area (Å²) in [6, 6.07) is 27.1. The van der Waals surface area contributed by atoms with E-state index in [2.05, 4.69) is 0 Å². The number of hydrogen-bond donors (Lipinski definition) is 0. The maximum atomic E-state index is 14.9. The summed E-state index contributed by atoms with van der Waals surface area (Å²) >= 11 is 0. The zero-order chi connectivity index (χ0) is 35.5. The summed E-state index contributed by atoms with van der Waals surface area (Å²) in [5.41, 5.74) is 2.60. The number of rotatable bonds is 7. The zero-order valence-electron chi connectivity index (χ0n) is 28.1. The van der Waals surface area contributed by atoms with E-state index in [0.29, 0.717) is 29.0 Å². The van der Waals surface area contributed by atoms with Gasteiger partial charge in [-0.2, -0.15) is 0 Å². The molecule has 2 bridgehead atoms. The molecule has 8 rings (SSSR count). The van der Waals surface area contributed by atoms with Gasteiger partial charge in [-0.05, 0) is 79.4 Å². The lowest BCUT2D eigenvalue weighted by Gasteiger charge is -2.50. The van der Waals surface area contributed by atoms with Gasteiger partial charge in [0.1, 0.15) is 46.9 Å². The molecular formula is C41H34F3NO5. The van der Waals surface area contributed by atoms with E-state index >= 15 is 0 Å². The number of nitrogens with zero attached hydrogens (tertiary/aromatic N) is 1. The number of anilines is 1. The predicted molar refractivity (Wildman–Crippen MR) is 183 cm³/mol. The number of esters is 2. The van der Waals surface area contributed by atoms with E-state index < -0.39 is 51.7 Å². The van der Waals surface area contributed by atoms with Crippen LogP contribution < -0.4 is 19.1 Å². The van der Waals surface area contributed by atoms with Gasteiger partial charge < -0.3 is 19.1 Å². The van der Waals surface area contributed by atoms with Crippen molar-refractivity contribution in [2.45, 2.75) is 32.1 Å². The molecule has 0 amide bonds. The minimum absolute atomic E-state index is 0.00996. The van der Waals surface area contributed by atoms with Gasteiger partial charge in [-0.25, -0.2) is 18.0 Å². The topological polar surface area (TPSA) is 65.1 Å². The Morgan fingerprint density at radius 1 is 0.760 bits per heavy atom. The van der Waals surface area contributed by atoms with Crippen molar-refractivity contribution in [3.8, 4) is 17.2 Å². The van der Waals surface area contributed by atoms with Gasteiger partial charge in [0.25, 0.3) is 0 Å². The lowest BCUT2D eigenvalue weighted by molar-refractivity contribution is -0.143. The number of carbonyl (C=O) groups is 2. The summed E-state index contributed by atoms with van der Waals surface area (Å²) in [6.07, 6.45) is 0. The second-order valence-corrected chi connectivity index (χ2v) is 13.8. The SMILES string of the molecule is CN(C)c1ccc(OCC23c4ccccc4C(c4ccccc42)c2c(OC(=O)C(C)(C)C)ccc(OC(=O)c4c(F)cc(F)cc4F)c23)cc1. The van der Waals surface area contributed by atoms with E-state index in [1.807, 2.05) is 91.8 Å². The van der Waals surface area contributed by atoms with Gasteiger partial charge in [0.15, 0.2) is 0 Å². The van der Waals surface area contributed by atoms with E-state index in [0.717, 1.165) is 27.9 Å². The smallest absolute Gasteiger partial charge is 0.349 e. The molecule has 0 heterocycles. The first-order chi connectivity index (χ1) is 23.8. The second kappa shape index (κ2) is 12.1. The molecule has 254 valence electrons. The first kappa shape index (κ1) is 33.0. The monoisotopic (exact) mass is 677 g/mol. The quantitative estimate of drug-likeness (QED) is 0.127. The average Bonchev–Trinajstić information content (AvgIpc) is 3.07. The largest absolute Gasteiger partial charge is 0.492 e. The number of ether oxygens (including phenoxy) is 3. The fourth-order valence-electron chi connectivity index (χ4n) is 7.05. The summed E-state index contributed by atoms with van der Waals surface area (Å²) in [6.45, 7) is 5.26. The van der Waals surface area contributed by atoms with Crippen LogP contribution in [0.5, 0.6) is 17.2 Å². The van der Waals surface area contributed by atoms with Crippen LogP contribution in [0.25, 0.3) is 0 Å². The van der Waals surface area contributed by atoms with Crippen LogP contribution in [0.4, 0.5) is 18.9 Å². The molecule has 9 heteroatoms. The van der Waals surface area contributed by atoms with E-state index in [1.165, 1.54) is 12.1 Å². The van der Waals surface area contributed by atoms with E-state index in [-0.39, 0.29) is 18.1 Å². The highest BCUT2D eigenvalue weighted by Gasteiger charge is 2.55. The van der Waals surface area contributed by atoms with E-state index in [1.54, 1.807) is 20.8 Å². The van der Waals surface area contributed by atoms with Gasteiger partial charge in [-0.15, -0.1) is 0 Å². The van der Waals surface area contributed by atoms with Crippen LogP contribution in [0.3, 0.4) is 0 Å². The van der Waals surface area contributed by atoms with Crippen molar-refractivity contribution in [1.29, 1.82) is 0 Å². The normalized spacial score (nSPS) is 16.9. The maximum absolute atomic E-state index is 14.9. The first-order valence-corrected chi connectivity index (χ1v) is 16.2. The van der Waals surface area contributed by atoms with Gasteiger partial charge >= 0.3 is 11.9 Å². The molecule has 0 spiro atoms. The van der Waals surface area contributed by atoms with Gasteiger partial charge in [0.05, 0.1) is 10.8 Å². The zero-order valence-corrected chi connectivity index (χ0v) is 28.1. The Kier molecular flexibility index (Phi) is 7.97. The summed E-state index contributed by atoms with van der Waals surface area (Å²) in [7, 11) is 3.88. The Hall–Kier alpha value is -5.57. The molecule has 5 aromatic carbocycles. The minimum atomic E-state index is -1.39. The molecule has 0 aromatic heterocycles. The van der Waals surface area contributed by atoms with Crippen LogP contribution in [0.2, 0.25) is 0 Å². The molecule has 0 aliphatic heterocycles. The lowest BCUT2D eigenvalue weighted by Crippen LogP contribution is -2.47. The lowest BCUT2D eigenvalue weighted by atomic mass is 9.53. The molecule has 6 nitrogen and oxygen atoms in total. The number of hydrogen-bond acceptors (Lipinski definition) is 6. The van der Waals surface area contributed by atoms with Crippen LogP contribution in [0, 0.1) is 22.9 Å². The third kappa shape index (κ3) is 5.28. The summed E-state index contributed by atoms with van der Waals surface area (Å²) in [4.78, 5) is 28.9. The third-order valence-electron chi connectivity index (χ3n) is 9.38. The van der Waals surface area contributed by atoms with Crippen molar-refractivity contribution in [3.05, 3.63) is 153 Å². The van der Waals surface area contributed by atoms with Gasteiger partial charge in [0.2, 0.25) is 0 Å². The van der Waals surface area contributed by atoms with Crippen molar-refractivity contribution in [2.75, 3.05) is 25.6 Å². The van der Waals surface area contributed by atoms with Crippen molar-refractivity contribution in [1.82, 2.24) is 0 Å². The molecule has 0 N–H and O–H groups in total. The summed E-state index contributed by atoms with van der Waals surface area (Å²) < 4.78 is 62.1. The standard InChI is InChI=1S/C41H34F3NO5/c1-40(2,3)39(47)50-32-18-19-33(49-38(46)35-30(43)20-23(42)21-31(35)44)37-36(32)34-26-10-6-8-12-28(26)41(37,29-13-9-7-11-27(29)34)22-48-25-16-14-24(15-17-25)45(4)5/h6-21,34H,22H2,1-5H3. The molecule has 0 saturated heterocycles. The van der Waals surface area contributed by atoms with Gasteiger partial charge in [-0.3, -0.25) is 4.79 Å². The number of benzene rings is 5. The Bertz CT molecular complexity index is 2100. The molecule has 0 saturated carbocycles. The van der Waals surface area contributed by atoms with Crippen molar-refractivity contribution < 1.29 is 37.0 Å². The maximum Gasteiger partial charge on any atom is 0.349 e. The Labute approximate surface area is 288 Å². The van der Waals surface area contributed by atoms with Crippen LogP contribution in [0.1, 0.15) is 70.4 Å². The molecule has 0 atom stereocenters. The molecule has 5 aromatic rings. The molecule has 0 unspecified atom stereocenters. The molecular weight excluding hydrogens is 643 g/mol. The Balaban J connectivity index is 1.48. The highest BCUT2D eigenvalue weighted by Crippen LogP contribution is 2.63. The highest BCUT2D eigenvalue weighted by molar-refractivity contribution is 5.92. The van der Waals surface area contributed by atoms with Crippen LogP contribution >= 0.6 is 0 Å². The summed E-state index contributed by atoms with van der Waals surface area (Å²) in [5.74, 6) is -5.41. The molecule has 0 radical (unpaired) electrons. The fourth-order valence-corrected chi connectivity index (χ4v) is 7.05. The summed E-state index contributed by atoms with van der Waals surface area (Å²) in [5, 5.41) is 0. The van der Waals surface area contributed by atoms with Crippen LogP contribution in [0.15, 0.2) is 97.1 Å². The van der Waals surface area contributed by atoms with E-state index in [9.17, 15) is 22.8 Å². The van der Waals surface area contributed by atoms with Crippen molar-refractivity contribution >= 4 is 17.6 Å². The number of carbonyl (C=O) groups excluding carboxylic acids is 2. The average molecular weight is 678 g/mol. The van der Waals surface area contributed by atoms with Crippen molar-refractivity contribution in [3.63, 3.8) is 0 Å². The minimum Gasteiger partial charge on any atom is -0.492 e. The Morgan fingerprint density at radius 2 is 1.32 bits per heavy atom. The molecule has 0 fully saturated rings. The van der Waals surface area contributed by atoms with Crippen LogP contribution in [-0.2, 0) is 10.2 Å². The first-order valence-electron chi connectivity index (χ1n) is 16.2. The molecule has 50 heavy (non-hydrogen) atoms. The predicted octanol–water partition coefficient (Wildman–Crippen LogP) is 8.56. The molecule has 3 aliphatic rings.